The monoisotopic (exact) mass is 331 g/mol. The van der Waals surface area contributed by atoms with Crippen LogP contribution in [-0.4, -0.2) is 15.9 Å². The van der Waals surface area contributed by atoms with Gasteiger partial charge in [0.2, 0.25) is 0 Å². The van der Waals surface area contributed by atoms with E-state index in [9.17, 15) is 9.18 Å². The van der Waals surface area contributed by atoms with Crippen molar-refractivity contribution in [3.8, 4) is 0 Å². The molecule has 3 aromatic carbocycles. The lowest BCUT2D eigenvalue weighted by Gasteiger charge is -2.08. The zero-order valence-electron chi connectivity index (χ0n) is 13.2. The molecule has 0 saturated heterocycles. The lowest BCUT2D eigenvalue weighted by molar-refractivity contribution is 0.0952. The molecule has 0 fully saturated rings. The molecule has 0 unspecified atom stereocenters. The number of para-hydroxylation sites is 3. The fourth-order valence-corrected chi connectivity index (χ4v) is 2.71. The molecule has 4 nitrogen and oxygen atoms in total. The van der Waals surface area contributed by atoms with Gasteiger partial charge in [-0.2, -0.15) is 0 Å². The lowest BCUT2D eigenvalue weighted by atomic mass is 10.1. The summed E-state index contributed by atoms with van der Waals surface area (Å²) in [5.41, 5.74) is 4.07. The van der Waals surface area contributed by atoms with E-state index in [0.29, 0.717) is 23.1 Å². The van der Waals surface area contributed by atoms with Crippen LogP contribution in [0.1, 0.15) is 15.9 Å². The molecule has 4 aromatic rings. The number of benzene rings is 3. The summed E-state index contributed by atoms with van der Waals surface area (Å²) in [7, 11) is 0. The molecule has 0 bridgehead atoms. The first-order chi connectivity index (χ1) is 12.2. The molecule has 1 heterocycles. The molecule has 0 atom stereocenters. The summed E-state index contributed by atoms with van der Waals surface area (Å²) in [6.07, 6.45) is 0. The highest BCUT2D eigenvalue weighted by molar-refractivity contribution is 6.05. The number of halogens is 1. The largest absolute Gasteiger partial charge is 0.348 e. The van der Waals surface area contributed by atoms with Crippen LogP contribution in [0.3, 0.4) is 0 Å². The predicted octanol–water partition coefficient (Wildman–Crippen LogP) is 3.85. The Labute approximate surface area is 143 Å². The second kappa shape index (κ2) is 6.28. The van der Waals surface area contributed by atoms with Crippen molar-refractivity contribution in [2.45, 2.75) is 6.54 Å². The van der Waals surface area contributed by atoms with Crippen LogP contribution in [0.4, 0.5) is 4.39 Å². The maximum Gasteiger partial charge on any atom is 0.253 e. The summed E-state index contributed by atoms with van der Waals surface area (Å²) in [6, 6.07) is 18.9. The Balaban J connectivity index is 1.66. The third kappa shape index (κ3) is 3.04. The van der Waals surface area contributed by atoms with Gasteiger partial charge in [-0.3, -0.25) is 4.79 Å². The minimum atomic E-state index is -0.300. The summed E-state index contributed by atoms with van der Waals surface area (Å²) in [5.74, 6) is -0.536. The van der Waals surface area contributed by atoms with Crippen LogP contribution in [0.5, 0.6) is 0 Å². The number of hydrogen-bond acceptors (Lipinski definition) is 3. The topological polar surface area (TPSA) is 54.9 Å². The quantitative estimate of drug-likeness (QED) is 0.580. The van der Waals surface area contributed by atoms with Crippen molar-refractivity contribution < 1.29 is 9.18 Å². The average Bonchev–Trinajstić information content (AvgIpc) is 2.65. The van der Waals surface area contributed by atoms with Crippen molar-refractivity contribution >= 4 is 28.0 Å². The van der Waals surface area contributed by atoms with Gasteiger partial charge in [0.25, 0.3) is 5.91 Å². The minimum absolute atomic E-state index is 0.237. The second-order valence-electron chi connectivity index (χ2n) is 5.69. The van der Waals surface area contributed by atoms with Crippen LogP contribution in [0, 0.1) is 5.82 Å². The van der Waals surface area contributed by atoms with Gasteiger partial charge in [0.15, 0.2) is 0 Å². The molecule has 0 aliphatic rings. The first-order valence-electron chi connectivity index (χ1n) is 7.89. The SMILES string of the molecule is O=C(NCc1ccc(F)cc1)c1cccc2nc3ccccc3nc12. The van der Waals surface area contributed by atoms with E-state index in [0.717, 1.165) is 16.6 Å². The van der Waals surface area contributed by atoms with Gasteiger partial charge in [0.05, 0.1) is 22.1 Å². The van der Waals surface area contributed by atoms with Gasteiger partial charge in [-0.05, 0) is 42.0 Å². The molecule has 0 radical (unpaired) electrons. The van der Waals surface area contributed by atoms with Crippen LogP contribution in [0.15, 0.2) is 66.7 Å². The predicted molar refractivity (Wildman–Crippen MR) is 94.6 cm³/mol. The number of rotatable bonds is 3. The number of nitrogens with one attached hydrogen (secondary N) is 1. The van der Waals surface area contributed by atoms with Gasteiger partial charge in [0, 0.05) is 6.54 Å². The lowest BCUT2D eigenvalue weighted by Crippen LogP contribution is -2.23. The van der Waals surface area contributed by atoms with Crippen molar-refractivity contribution in [3.63, 3.8) is 0 Å². The van der Waals surface area contributed by atoms with Crippen LogP contribution >= 0.6 is 0 Å². The van der Waals surface area contributed by atoms with Crippen molar-refractivity contribution in [2.75, 3.05) is 0 Å². The Morgan fingerprint density at radius 3 is 2.28 bits per heavy atom. The molecule has 5 heteroatoms. The molecule has 1 amide bonds. The van der Waals surface area contributed by atoms with Crippen molar-refractivity contribution in [1.29, 1.82) is 0 Å². The van der Waals surface area contributed by atoms with E-state index in [1.54, 1.807) is 24.3 Å². The van der Waals surface area contributed by atoms with Crippen LogP contribution in [-0.2, 0) is 6.54 Å². The maximum absolute atomic E-state index is 13.0. The highest BCUT2D eigenvalue weighted by Gasteiger charge is 2.12. The van der Waals surface area contributed by atoms with E-state index < -0.39 is 0 Å². The zero-order chi connectivity index (χ0) is 17.2. The van der Waals surface area contributed by atoms with Crippen LogP contribution < -0.4 is 5.32 Å². The number of fused-ring (bicyclic) bond motifs is 2. The number of carbonyl (C=O) groups is 1. The van der Waals surface area contributed by atoms with E-state index >= 15 is 0 Å². The van der Waals surface area contributed by atoms with Gasteiger partial charge in [0.1, 0.15) is 11.3 Å². The summed E-state index contributed by atoms with van der Waals surface area (Å²) in [5, 5.41) is 2.85. The van der Waals surface area contributed by atoms with Crippen molar-refractivity contribution in [3.05, 3.63) is 83.7 Å². The Kier molecular flexibility index (Phi) is 3.82. The number of nitrogens with zero attached hydrogens (tertiary/aromatic N) is 2. The number of carbonyl (C=O) groups excluding carboxylic acids is 1. The van der Waals surface area contributed by atoms with E-state index in [2.05, 4.69) is 15.3 Å². The Bertz CT molecular complexity index is 1080. The molecule has 1 aromatic heterocycles. The Morgan fingerprint density at radius 2 is 1.52 bits per heavy atom. The van der Waals surface area contributed by atoms with E-state index in [-0.39, 0.29) is 11.7 Å². The Morgan fingerprint density at radius 1 is 0.840 bits per heavy atom. The smallest absolute Gasteiger partial charge is 0.253 e. The summed E-state index contributed by atoms with van der Waals surface area (Å²) < 4.78 is 13.0. The van der Waals surface area contributed by atoms with Gasteiger partial charge >= 0.3 is 0 Å². The molecule has 1 N–H and O–H groups in total. The third-order valence-corrected chi connectivity index (χ3v) is 3.98. The number of hydrogen-bond donors (Lipinski definition) is 1. The Hall–Kier alpha value is -3.34. The van der Waals surface area contributed by atoms with E-state index in [4.69, 9.17) is 0 Å². The molecular formula is C20H14FN3O. The molecule has 0 saturated carbocycles. The minimum Gasteiger partial charge on any atom is -0.348 e. The molecule has 0 aliphatic carbocycles. The number of aromatic nitrogens is 2. The molecule has 4 rings (SSSR count). The summed E-state index contributed by atoms with van der Waals surface area (Å²) >= 11 is 0. The third-order valence-electron chi connectivity index (χ3n) is 3.98. The normalized spacial score (nSPS) is 10.9. The molecular weight excluding hydrogens is 317 g/mol. The fourth-order valence-electron chi connectivity index (χ4n) is 2.71. The molecule has 25 heavy (non-hydrogen) atoms. The van der Waals surface area contributed by atoms with E-state index in [1.807, 2.05) is 30.3 Å². The highest BCUT2D eigenvalue weighted by atomic mass is 19.1. The van der Waals surface area contributed by atoms with Crippen LogP contribution in [0.2, 0.25) is 0 Å². The zero-order valence-corrected chi connectivity index (χ0v) is 13.2. The van der Waals surface area contributed by atoms with E-state index in [1.165, 1.54) is 12.1 Å². The fraction of sp³-hybridized carbons (Fsp3) is 0.0500. The van der Waals surface area contributed by atoms with Gasteiger partial charge in [-0.15, -0.1) is 0 Å². The second-order valence-corrected chi connectivity index (χ2v) is 5.69. The van der Waals surface area contributed by atoms with Gasteiger partial charge in [-0.1, -0.05) is 30.3 Å². The first kappa shape index (κ1) is 15.2. The standard InChI is InChI=1S/C20H14FN3O/c21-14-10-8-13(9-11-14)12-22-20(25)15-4-3-7-18-19(15)24-17-6-2-1-5-16(17)23-18/h1-11H,12H2,(H,22,25). The van der Waals surface area contributed by atoms with Crippen LogP contribution in [0.25, 0.3) is 22.1 Å². The summed E-state index contributed by atoms with van der Waals surface area (Å²) in [4.78, 5) is 21.7. The van der Waals surface area contributed by atoms with Crippen molar-refractivity contribution in [1.82, 2.24) is 15.3 Å². The number of amides is 1. The molecule has 0 spiro atoms. The summed E-state index contributed by atoms with van der Waals surface area (Å²) in [6.45, 7) is 0.316. The maximum atomic E-state index is 13.0. The molecule has 122 valence electrons. The van der Waals surface area contributed by atoms with Gasteiger partial charge in [-0.25, -0.2) is 14.4 Å². The van der Waals surface area contributed by atoms with Gasteiger partial charge < -0.3 is 5.32 Å². The molecule has 0 aliphatic heterocycles. The highest BCUT2D eigenvalue weighted by Crippen LogP contribution is 2.19. The van der Waals surface area contributed by atoms with Crippen molar-refractivity contribution in [2.24, 2.45) is 0 Å². The first-order valence-corrected chi connectivity index (χ1v) is 7.89. The average molecular weight is 331 g/mol.